The monoisotopic (exact) mass is 295 g/mol. The normalized spacial score (nSPS) is 12.9. The van der Waals surface area contributed by atoms with Crippen molar-refractivity contribution < 1.29 is 9.13 Å². The summed E-state index contributed by atoms with van der Waals surface area (Å²) < 4.78 is 18.6. The maximum atomic E-state index is 13.1. The lowest BCUT2D eigenvalue weighted by atomic mass is 10.1. The molecule has 0 aliphatic rings. The lowest BCUT2D eigenvalue weighted by Crippen LogP contribution is -2.17. The number of rotatable bonds is 3. The van der Waals surface area contributed by atoms with Crippen LogP contribution in [0, 0.1) is 9.39 Å². The van der Waals surface area contributed by atoms with Crippen LogP contribution in [0.2, 0.25) is 0 Å². The van der Waals surface area contributed by atoms with Crippen molar-refractivity contribution in [2.75, 3.05) is 13.7 Å². The largest absolute Gasteiger partial charge is 0.383 e. The first-order valence-electron chi connectivity index (χ1n) is 3.85. The van der Waals surface area contributed by atoms with Gasteiger partial charge in [-0.15, -0.1) is 0 Å². The zero-order valence-corrected chi connectivity index (χ0v) is 9.42. The van der Waals surface area contributed by atoms with Crippen LogP contribution in [0.1, 0.15) is 11.6 Å². The predicted octanol–water partition coefficient (Wildman–Crippen LogP) is 2.08. The Balaban J connectivity index is 2.93. The van der Waals surface area contributed by atoms with E-state index < -0.39 is 0 Å². The molecular weight excluding hydrogens is 284 g/mol. The fourth-order valence-electron chi connectivity index (χ4n) is 1.08. The third kappa shape index (κ3) is 2.62. The van der Waals surface area contributed by atoms with Crippen LogP contribution < -0.4 is 5.73 Å². The molecule has 0 bridgehead atoms. The summed E-state index contributed by atoms with van der Waals surface area (Å²) in [5.41, 5.74) is 6.57. The van der Waals surface area contributed by atoms with Gasteiger partial charge >= 0.3 is 0 Å². The molecule has 0 aliphatic carbocycles. The molecule has 1 atom stereocenters. The molecule has 1 aromatic rings. The van der Waals surface area contributed by atoms with Crippen LogP contribution >= 0.6 is 22.6 Å². The van der Waals surface area contributed by atoms with E-state index in [1.165, 1.54) is 6.07 Å². The molecule has 0 saturated carbocycles. The van der Waals surface area contributed by atoms with Crippen LogP contribution in [0.5, 0.6) is 0 Å². The van der Waals surface area contributed by atoms with E-state index in [-0.39, 0.29) is 11.9 Å². The van der Waals surface area contributed by atoms with Gasteiger partial charge in [-0.1, -0.05) is 12.1 Å². The van der Waals surface area contributed by atoms with Gasteiger partial charge in [0.1, 0.15) is 5.82 Å². The fourth-order valence-corrected chi connectivity index (χ4v) is 1.84. The summed E-state index contributed by atoms with van der Waals surface area (Å²) in [5.74, 6) is -0.232. The quantitative estimate of drug-likeness (QED) is 0.867. The highest BCUT2D eigenvalue weighted by atomic mass is 127. The Kier molecular flexibility index (Phi) is 4.08. The van der Waals surface area contributed by atoms with Crippen LogP contribution in [0.3, 0.4) is 0 Å². The number of hydrogen-bond acceptors (Lipinski definition) is 2. The Morgan fingerprint density at radius 3 is 2.92 bits per heavy atom. The molecule has 0 radical (unpaired) electrons. The number of benzene rings is 1. The van der Waals surface area contributed by atoms with Crippen molar-refractivity contribution in [2.45, 2.75) is 6.04 Å². The molecule has 13 heavy (non-hydrogen) atoms. The van der Waals surface area contributed by atoms with Crippen LogP contribution in [0.15, 0.2) is 18.2 Å². The maximum absolute atomic E-state index is 13.1. The van der Waals surface area contributed by atoms with E-state index in [4.69, 9.17) is 10.5 Å². The van der Waals surface area contributed by atoms with Crippen molar-refractivity contribution in [3.05, 3.63) is 33.1 Å². The van der Waals surface area contributed by atoms with E-state index in [0.717, 1.165) is 5.56 Å². The molecule has 0 aromatic heterocycles. The minimum atomic E-state index is -0.257. The molecule has 0 saturated heterocycles. The molecule has 0 fully saturated rings. The Bertz CT molecular complexity index is 293. The van der Waals surface area contributed by atoms with E-state index in [2.05, 4.69) is 0 Å². The van der Waals surface area contributed by atoms with Gasteiger partial charge in [-0.2, -0.15) is 0 Å². The number of ether oxygens (including phenoxy) is 1. The van der Waals surface area contributed by atoms with Gasteiger partial charge in [0.05, 0.1) is 16.2 Å². The minimum Gasteiger partial charge on any atom is -0.383 e. The van der Waals surface area contributed by atoms with E-state index in [0.29, 0.717) is 10.2 Å². The molecule has 2 N–H and O–H groups in total. The lowest BCUT2D eigenvalue weighted by molar-refractivity contribution is 0.180. The first-order valence-corrected chi connectivity index (χ1v) is 4.93. The second-order valence-corrected chi connectivity index (χ2v) is 3.78. The molecule has 0 amide bonds. The van der Waals surface area contributed by atoms with E-state index in [1.807, 2.05) is 28.7 Å². The smallest absolute Gasteiger partial charge is 0.136 e. The molecule has 1 unspecified atom stereocenters. The van der Waals surface area contributed by atoms with Crippen molar-refractivity contribution >= 4 is 22.6 Å². The molecule has 2 nitrogen and oxygen atoms in total. The number of halogens is 2. The fraction of sp³-hybridized carbons (Fsp3) is 0.333. The zero-order chi connectivity index (χ0) is 9.84. The van der Waals surface area contributed by atoms with Crippen LogP contribution in [-0.4, -0.2) is 13.7 Å². The van der Waals surface area contributed by atoms with Crippen molar-refractivity contribution in [3.63, 3.8) is 0 Å². The summed E-state index contributed by atoms with van der Waals surface area (Å²) in [6, 6.07) is 4.63. The standard InChI is InChI=1S/C9H11FINO/c1-13-5-8(12)6-3-2-4-7(10)9(6)11/h2-4,8H,5,12H2,1H3. The molecule has 1 rings (SSSR count). The third-order valence-electron chi connectivity index (χ3n) is 1.73. The summed E-state index contributed by atoms with van der Waals surface area (Å²) in [6.45, 7) is 0.402. The molecule has 0 aliphatic heterocycles. The zero-order valence-electron chi connectivity index (χ0n) is 7.26. The van der Waals surface area contributed by atoms with Gasteiger partial charge in [-0.05, 0) is 34.2 Å². The summed E-state index contributed by atoms with van der Waals surface area (Å²) in [7, 11) is 1.58. The van der Waals surface area contributed by atoms with Crippen LogP contribution in [0.4, 0.5) is 4.39 Å². The first kappa shape index (κ1) is 10.9. The van der Waals surface area contributed by atoms with Gasteiger partial charge in [0, 0.05) is 7.11 Å². The maximum Gasteiger partial charge on any atom is 0.136 e. The Morgan fingerprint density at radius 2 is 2.31 bits per heavy atom. The van der Waals surface area contributed by atoms with Gasteiger partial charge < -0.3 is 10.5 Å². The summed E-state index contributed by atoms with van der Waals surface area (Å²) >= 11 is 1.95. The van der Waals surface area contributed by atoms with Gasteiger partial charge in [0.2, 0.25) is 0 Å². The highest BCUT2D eigenvalue weighted by Gasteiger charge is 2.11. The first-order chi connectivity index (χ1) is 6.16. The lowest BCUT2D eigenvalue weighted by Gasteiger charge is -2.12. The molecule has 0 spiro atoms. The molecule has 72 valence electrons. The minimum absolute atomic E-state index is 0.232. The van der Waals surface area contributed by atoms with Crippen molar-refractivity contribution in [3.8, 4) is 0 Å². The second-order valence-electron chi connectivity index (χ2n) is 2.70. The topological polar surface area (TPSA) is 35.2 Å². The third-order valence-corrected chi connectivity index (χ3v) is 2.87. The number of hydrogen-bond donors (Lipinski definition) is 1. The molecule has 0 heterocycles. The number of nitrogens with two attached hydrogens (primary N) is 1. The van der Waals surface area contributed by atoms with Crippen molar-refractivity contribution in [1.29, 1.82) is 0 Å². The molecular formula is C9H11FINO. The second kappa shape index (κ2) is 4.88. The summed E-state index contributed by atoms with van der Waals surface area (Å²) in [6.07, 6.45) is 0. The van der Waals surface area contributed by atoms with Crippen LogP contribution in [0.25, 0.3) is 0 Å². The highest BCUT2D eigenvalue weighted by Crippen LogP contribution is 2.21. The Hall–Kier alpha value is -0.200. The highest BCUT2D eigenvalue weighted by molar-refractivity contribution is 14.1. The van der Waals surface area contributed by atoms with Crippen LogP contribution in [-0.2, 0) is 4.74 Å². The summed E-state index contributed by atoms with van der Waals surface area (Å²) in [4.78, 5) is 0. The van der Waals surface area contributed by atoms with Gasteiger partial charge in [0.25, 0.3) is 0 Å². The summed E-state index contributed by atoms with van der Waals surface area (Å²) in [5, 5.41) is 0. The van der Waals surface area contributed by atoms with E-state index in [9.17, 15) is 4.39 Å². The number of methoxy groups -OCH3 is 1. The van der Waals surface area contributed by atoms with Crippen molar-refractivity contribution in [1.82, 2.24) is 0 Å². The average Bonchev–Trinajstić information content (AvgIpc) is 2.10. The van der Waals surface area contributed by atoms with E-state index in [1.54, 1.807) is 13.2 Å². The van der Waals surface area contributed by atoms with Crippen molar-refractivity contribution in [2.24, 2.45) is 5.73 Å². The molecule has 1 aromatic carbocycles. The van der Waals surface area contributed by atoms with Gasteiger partial charge in [-0.25, -0.2) is 4.39 Å². The van der Waals surface area contributed by atoms with Gasteiger partial charge in [0.15, 0.2) is 0 Å². The molecule has 4 heteroatoms. The predicted molar refractivity (Wildman–Crippen MR) is 57.9 cm³/mol. The van der Waals surface area contributed by atoms with E-state index >= 15 is 0 Å². The average molecular weight is 295 g/mol. The SMILES string of the molecule is COCC(N)c1cccc(F)c1I. The Labute approximate surface area is 90.4 Å². The van der Waals surface area contributed by atoms with Gasteiger partial charge in [-0.3, -0.25) is 0 Å². The Morgan fingerprint density at radius 1 is 1.62 bits per heavy atom.